The summed E-state index contributed by atoms with van der Waals surface area (Å²) in [5.41, 5.74) is 6.01. The highest BCUT2D eigenvalue weighted by Crippen LogP contribution is 2.43. The van der Waals surface area contributed by atoms with Gasteiger partial charge in [-0.05, 0) is 110 Å². The predicted molar refractivity (Wildman–Crippen MR) is 235 cm³/mol. The molecule has 60 heavy (non-hydrogen) atoms. The van der Waals surface area contributed by atoms with Crippen molar-refractivity contribution in [2.24, 2.45) is 11.3 Å². The third-order valence-corrected chi connectivity index (χ3v) is 13.8. The monoisotopic (exact) mass is 872 g/mol. The van der Waals surface area contributed by atoms with E-state index in [9.17, 15) is 18.3 Å². The van der Waals surface area contributed by atoms with Crippen LogP contribution in [0.5, 0.6) is 17.4 Å². The molecule has 0 spiro atoms. The molecule has 2 fully saturated rings. The number of ether oxygens (including phenoxy) is 2. The molecule has 0 radical (unpaired) electrons. The van der Waals surface area contributed by atoms with Gasteiger partial charge in [-0.25, -0.2) is 18.1 Å². The molecule has 5 aromatic rings. The Morgan fingerprint density at radius 1 is 0.967 bits per heavy atom. The fourth-order valence-corrected chi connectivity index (χ4v) is 9.78. The number of fused-ring (bicyclic) bond motifs is 1. The average molecular weight is 874 g/mol. The van der Waals surface area contributed by atoms with Crippen LogP contribution in [0.4, 0.5) is 5.69 Å². The number of halogens is 2. The van der Waals surface area contributed by atoms with E-state index < -0.39 is 15.9 Å². The number of carbonyl (C=O) groups is 1. The van der Waals surface area contributed by atoms with Crippen LogP contribution in [0.3, 0.4) is 0 Å². The van der Waals surface area contributed by atoms with Gasteiger partial charge in [-0.1, -0.05) is 60.8 Å². The van der Waals surface area contributed by atoms with Crippen molar-refractivity contribution in [1.29, 1.82) is 0 Å². The molecule has 12 nitrogen and oxygen atoms in total. The lowest BCUT2D eigenvalue weighted by atomic mass is 9.72. The highest BCUT2D eigenvalue weighted by atomic mass is 35.5. The van der Waals surface area contributed by atoms with Crippen LogP contribution in [0, 0.1) is 11.3 Å². The number of benzene rings is 3. The number of aromatic amines is 1. The Balaban J connectivity index is 0.986. The molecular formula is C45H50Cl2N6O6S. The van der Waals surface area contributed by atoms with Crippen molar-refractivity contribution in [1.82, 2.24) is 24.8 Å². The highest BCUT2D eigenvalue weighted by Gasteiger charge is 2.30. The van der Waals surface area contributed by atoms with Crippen molar-refractivity contribution in [2.45, 2.75) is 69.8 Å². The van der Waals surface area contributed by atoms with Crippen molar-refractivity contribution in [3.05, 3.63) is 106 Å². The molecule has 3 N–H and O–H groups in total. The maximum atomic E-state index is 13.9. The molecule has 3 aromatic carbocycles. The third kappa shape index (κ3) is 9.76. The van der Waals surface area contributed by atoms with Crippen LogP contribution >= 0.6 is 23.2 Å². The number of hydrogen-bond donors (Lipinski definition) is 3. The van der Waals surface area contributed by atoms with E-state index in [4.69, 9.17) is 32.7 Å². The molecule has 1 saturated heterocycles. The van der Waals surface area contributed by atoms with Crippen LogP contribution < -0.4 is 19.1 Å². The van der Waals surface area contributed by atoms with E-state index in [1.165, 1.54) is 22.8 Å². The van der Waals surface area contributed by atoms with Crippen LogP contribution in [0.1, 0.15) is 74.7 Å². The number of allylic oxidation sites excluding steroid dienone is 1. The van der Waals surface area contributed by atoms with E-state index in [0.29, 0.717) is 30.6 Å². The first-order valence-corrected chi connectivity index (χ1v) is 22.8. The topological polar surface area (TPSA) is 150 Å². The zero-order valence-electron chi connectivity index (χ0n) is 33.8. The summed E-state index contributed by atoms with van der Waals surface area (Å²) in [4.78, 5) is 22.5. The smallest absolute Gasteiger partial charge is 0.268 e. The van der Waals surface area contributed by atoms with Crippen molar-refractivity contribution >= 4 is 61.3 Å². The Kier molecular flexibility index (Phi) is 12.4. The van der Waals surface area contributed by atoms with Gasteiger partial charge in [0.05, 0.1) is 41.6 Å². The van der Waals surface area contributed by atoms with Crippen molar-refractivity contribution in [3.63, 3.8) is 0 Å². The molecule has 1 saturated carbocycles. The first kappa shape index (κ1) is 42.0. The molecule has 0 bridgehead atoms. The van der Waals surface area contributed by atoms with E-state index in [0.717, 1.165) is 87.3 Å². The van der Waals surface area contributed by atoms with Gasteiger partial charge < -0.3 is 19.5 Å². The number of rotatable bonds is 12. The highest BCUT2D eigenvalue weighted by molar-refractivity contribution is 7.90. The molecule has 3 heterocycles. The van der Waals surface area contributed by atoms with Gasteiger partial charge in [0.2, 0.25) is 5.88 Å². The minimum atomic E-state index is -4.41. The number of amides is 1. The summed E-state index contributed by atoms with van der Waals surface area (Å²) in [5.74, 6) is 0.114. The molecule has 2 aromatic heterocycles. The summed E-state index contributed by atoms with van der Waals surface area (Å²) >= 11 is 12.7. The maximum absolute atomic E-state index is 13.9. The number of H-pyrrole nitrogens is 1. The summed E-state index contributed by atoms with van der Waals surface area (Å²) in [5, 5.41) is 18.3. The lowest BCUT2D eigenvalue weighted by Gasteiger charge is -2.39. The summed E-state index contributed by atoms with van der Waals surface area (Å²) < 4.78 is 41.6. The average Bonchev–Trinajstić information content (AvgIpc) is 3.72. The number of hydrogen-bond acceptors (Lipinski definition) is 10. The lowest BCUT2D eigenvalue weighted by molar-refractivity contribution is 0.0908. The van der Waals surface area contributed by atoms with Crippen LogP contribution in [0.2, 0.25) is 10.0 Å². The quantitative estimate of drug-likeness (QED) is 0.111. The SMILES string of the molecule is CC1(C)CCC(CN2CCN(c3ccc(C(=O)NS(=O)(=O)c4cnc(OCC5CCC(O)CC5)c(Cl)c4)c(Oc4cccc5[nH]ncc45)c3)CC2)=C(c2ccc(Cl)cc2)C1. The van der Waals surface area contributed by atoms with Crippen molar-refractivity contribution < 1.29 is 27.8 Å². The Bertz CT molecular complexity index is 2490. The molecule has 0 atom stereocenters. The number of sulfonamides is 1. The number of carbonyl (C=O) groups excluding carboxylic acids is 1. The number of aromatic nitrogens is 3. The van der Waals surface area contributed by atoms with Crippen LogP contribution in [0.25, 0.3) is 16.5 Å². The zero-order chi connectivity index (χ0) is 42.0. The summed E-state index contributed by atoms with van der Waals surface area (Å²) in [6.07, 6.45) is 8.78. The molecule has 1 amide bonds. The molecule has 3 aliphatic rings. The van der Waals surface area contributed by atoms with Gasteiger partial charge in [0.25, 0.3) is 15.9 Å². The molecule has 316 valence electrons. The standard InChI is InChI=1S/C45H50Cl2N6O6S/c1-45(2)17-16-31(37(24-45)30-8-10-32(46)11-9-30)27-52-18-20-53(21-19-52)33-12-15-36(42(22-33)59-41-5-3-4-40-38(41)26-49-50-40)43(55)51-60(56,57)35-23-39(47)44(48-25-35)58-28-29-6-13-34(54)14-7-29/h3-5,8-12,15,22-23,25-26,29,34,54H,6-7,13-14,16-21,24,27-28H2,1-2H3,(H,49,50)(H,51,55). The van der Waals surface area contributed by atoms with E-state index in [1.54, 1.807) is 24.4 Å². The maximum Gasteiger partial charge on any atom is 0.268 e. The summed E-state index contributed by atoms with van der Waals surface area (Å²) in [6, 6.07) is 20.1. The number of pyridine rings is 1. The number of piperazine rings is 1. The van der Waals surface area contributed by atoms with Crippen LogP contribution in [-0.4, -0.2) is 84.9 Å². The second-order valence-electron chi connectivity index (χ2n) is 16.9. The Hall–Kier alpha value is -4.66. The number of nitrogens with one attached hydrogen (secondary N) is 2. The number of aliphatic hydroxyl groups excluding tert-OH is 1. The van der Waals surface area contributed by atoms with Crippen LogP contribution in [0.15, 0.2) is 89.6 Å². The Morgan fingerprint density at radius 2 is 1.73 bits per heavy atom. The minimum absolute atomic E-state index is 0.00394. The van der Waals surface area contributed by atoms with E-state index >= 15 is 0 Å². The van der Waals surface area contributed by atoms with Gasteiger partial charge in [-0.15, -0.1) is 0 Å². The molecule has 1 aliphatic heterocycles. The Labute approximate surface area is 360 Å². The zero-order valence-corrected chi connectivity index (χ0v) is 36.1. The summed E-state index contributed by atoms with van der Waals surface area (Å²) in [7, 11) is -4.41. The summed E-state index contributed by atoms with van der Waals surface area (Å²) in [6.45, 7) is 9.14. The van der Waals surface area contributed by atoms with Gasteiger partial charge in [-0.3, -0.25) is 14.8 Å². The molecule has 8 rings (SSSR count). The number of aliphatic hydroxyl groups is 1. The first-order valence-electron chi connectivity index (χ1n) is 20.5. The van der Waals surface area contributed by atoms with Crippen molar-refractivity contribution in [3.8, 4) is 17.4 Å². The number of anilines is 1. The molecule has 0 unspecified atom stereocenters. The van der Waals surface area contributed by atoms with Gasteiger partial charge in [0, 0.05) is 49.5 Å². The first-order chi connectivity index (χ1) is 28.8. The van der Waals surface area contributed by atoms with Crippen molar-refractivity contribution in [2.75, 3.05) is 44.2 Å². The fraction of sp³-hybridized carbons (Fsp3) is 0.400. The molecular weight excluding hydrogens is 824 g/mol. The van der Waals surface area contributed by atoms with Gasteiger partial charge in [0.15, 0.2) is 0 Å². The van der Waals surface area contributed by atoms with Gasteiger partial charge in [-0.2, -0.15) is 5.10 Å². The van der Waals surface area contributed by atoms with Crippen LogP contribution in [-0.2, 0) is 10.0 Å². The predicted octanol–water partition coefficient (Wildman–Crippen LogP) is 8.89. The second-order valence-corrected chi connectivity index (χ2v) is 19.5. The second kappa shape index (κ2) is 17.7. The largest absolute Gasteiger partial charge is 0.476 e. The van der Waals surface area contributed by atoms with Gasteiger partial charge >= 0.3 is 0 Å². The molecule has 2 aliphatic carbocycles. The van der Waals surface area contributed by atoms with Gasteiger partial charge in [0.1, 0.15) is 21.4 Å². The van der Waals surface area contributed by atoms with E-state index in [2.05, 4.69) is 55.7 Å². The fourth-order valence-electron chi connectivity index (χ4n) is 8.43. The van der Waals surface area contributed by atoms with E-state index in [1.807, 2.05) is 30.3 Å². The Morgan fingerprint density at radius 3 is 2.48 bits per heavy atom. The minimum Gasteiger partial charge on any atom is -0.476 e. The normalized spacial score (nSPS) is 20.0. The lowest BCUT2D eigenvalue weighted by Crippen LogP contribution is -2.47. The third-order valence-electron chi connectivity index (χ3n) is 12.0. The number of nitrogens with zero attached hydrogens (tertiary/aromatic N) is 4. The molecule has 15 heteroatoms. The van der Waals surface area contributed by atoms with E-state index in [-0.39, 0.29) is 44.5 Å².